The molecular formula is C9H11NO5S. The molecule has 3 saturated heterocycles. The highest BCUT2D eigenvalue weighted by Crippen LogP contribution is 2.48. The third-order valence-electron chi connectivity index (χ3n) is 3.58. The molecule has 0 N–H and O–H groups in total. The van der Waals surface area contributed by atoms with Crippen LogP contribution in [0.4, 0.5) is 0 Å². The van der Waals surface area contributed by atoms with Gasteiger partial charge in [0, 0.05) is 0 Å². The van der Waals surface area contributed by atoms with Crippen LogP contribution in [0.3, 0.4) is 0 Å². The normalized spacial score (nSPS) is 41.9. The van der Waals surface area contributed by atoms with Gasteiger partial charge in [0.05, 0.1) is 30.3 Å². The van der Waals surface area contributed by atoms with Gasteiger partial charge < -0.3 is 4.74 Å². The van der Waals surface area contributed by atoms with Gasteiger partial charge in [0.25, 0.3) is 0 Å². The van der Waals surface area contributed by atoms with Crippen molar-refractivity contribution in [2.75, 3.05) is 6.26 Å². The minimum absolute atomic E-state index is 0.266. The Bertz CT molecular complexity index is 456. The summed E-state index contributed by atoms with van der Waals surface area (Å²) >= 11 is 0. The van der Waals surface area contributed by atoms with Crippen LogP contribution in [0.15, 0.2) is 0 Å². The number of sulfonamides is 1. The molecule has 0 radical (unpaired) electrons. The maximum absolute atomic E-state index is 11.9. The lowest BCUT2D eigenvalue weighted by Crippen LogP contribution is -2.38. The quantitative estimate of drug-likeness (QED) is 0.560. The minimum Gasteiger partial charge on any atom is -0.373 e. The Kier molecular flexibility index (Phi) is 1.81. The smallest absolute Gasteiger partial charge is 0.249 e. The number of rotatable bonds is 1. The van der Waals surface area contributed by atoms with E-state index in [-0.39, 0.29) is 12.2 Å². The van der Waals surface area contributed by atoms with E-state index in [1.807, 2.05) is 0 Å². The maximum atomic E-state index is 11.9. The molecule has 0 unspecified atom stereocenters. The van der Waals surface area contributed by atoms with Crippen LogP contribution < -0.4 is 0 Å². The van der Waals surface area contributed by atoms with Gasteiger partial charge in [-0.2, -0.15) is 4.31 Å². The number of nitrogens with zero attached hydrogens (tertiary/aromatic N) is 1. The van der Waals surface area contributed by atoms with E-state index in [2.05, 4.69) is 0 Å². The molecule has 0 aliphatic carbocycles. The lowest BCUT2D eigenvalue weighted by atomic mass is 9.81. The van der Waals surface area contributed by atoms with Gasteiger partial charge in [-0.05, 0) is 12.8 Å². The second-order valence-electron chi connectivity index (χ2n) is 4.55. The van der Waals surface area contributed by atoms with E-state index in [0.717, 1.165) is 19.1 Å². The Morgan fingerprint density at radius 1 is 1.12 bits per heavy atom. The van der Waals surface area contributed by atoms with Crippen LogP contribution in [0.25, 0.3) is 0 Å². The van der Waals surface area contributed by atoms with E-state index in [0.29, 0.717) is 4.31 Å². The van der Waals surface area contributed by atoms with E-state index in [4.69, 9.17) is 4.74 Å². The number of fused-ring (bicyclic) bond motifs is 5. The molecule has 16 heavy (non-hydrogen) atoms. The van der Waals surface area contributed by atoms with E-state index >= 15 is 0 Å². The van der Waals surface area contributed by atoms with E-state index in [9.17, 15) is 18.0 Å². The summed E-state index contributed by atoms with van der Waals surface area (Å²) < 4.78 is 28.6. The average molecular weight is 245 g/mol. The summed E-state index contributed by atoms with van der Waals surface area (Å²) in [4.78, 5) is 23.8. The number of hydrogen-bond donors (Lipinski definition) is 0. The first kappa shape index (κ1) is 10.2. The molecule has 3 rings (SSSR count). The molecule has 0 aromatic heterocycles. The van der Waals surface area contributed by atoms with Crippen molar-refractivity contribution in [1.82, 2.24) is 4.31 Å². The molecule has 3 aliphatic rings. The second-order valence-corrected chi connectivity index (χ2v) is 6.38. The Morgan fingerprint density at radius 3 is 1.94 bits per heavy atom. The van der Waals surface area contributed by atoms with Crippen LogP contribution in [0.5, 0.6) is 0 Å². The fourth-order valence-electron chi connectivity index (χ4n) is 3.01. The largest absolute Gasteiger partial charge is 0.373 e. The SMILES string of the molecule is CS(=O)(=O)N1C(=O)[C@@H]2[C@H](C1=O)[C@H]1CC[C@@H]2O1. The number of hydrogen-bond acceptors (Lipinski definition) is 5. The highest BCUT2D eigenvalue weighted by atomic mass is 32.2. The number of amides is 2. The highest BCUT2D eigenvalue weighted by Gasteiger charge is 2.64. The van der Waals surface area contributed by atoms with Crippen molar-refractivity contribution in [3.8, 4) is 0 Å². The Hall–Kier alpha value is -0.950. The van der Waals surface area contributed by atoms with Crippen LogP contribution in [0.2, 0.25) is 0 Å². The zero-order valence-corrected chi connectivity index (χ0v) is 9.44. The fourth-order valence-corrected chi connectivity index (χ4v) is 3.91. The number of carbonyl (C=O) groups is 2. The highest BCUT2D eigenvalue weighted by molar-refractivity contribution is 7.89. The van der Waals surface area contributed by atoms with Gasteiger partial charge in [-0.25, -0.2) is 8.42 Å². The van der Waals surface area contributed by atoms with Crippen molar-refractivity contribution in [1.29, 1.82) is 0 Å². The number of carbonyl (C=O) groups excluding carboxylic acids is 2. The lowest BCUT2D eigenvalue weighted by Gasteiger charge is -2.14. The van der Waals surface area contributed by atoms with Gasteiger partial charge in [0.1, 0.15) is 0 Å². The summed E-state index contributed by atoms with van der Waals surface area (Å²) in [5, 5.41) is 0. The van der Waals surface area contributed by atoms with Gasteiger partial charge in [-0.15, -0.1) is 0 Å². The number of ether oxygens (including phenoxy) is 1. The Morgan fingerprint density at radius 2 is 1.56 bits per heavy atom. The van der Waals surface area contributed by atoms with Gasteiger partial charge >= 0.3 is 0 Å². The maximum Gasteiger partial charge on any atom is 0.249 e. The first-order valence-corrected chi connectivity index (χ1v) is 6.99. The van der Waals surface area contributed by atoms with Crippen LogP contribution >= 0.6 is 0 Å². The zero-order valence-electron chi connectivity index (χ0n) is 8.62. The minimum atomic E-state index is -3.78. The van der Waals surface area contributed by atoms with E-state index < -0.39 is 33.7 Å². The molecule has 7 heteroatoms. The van der Waals surface area contributed by atoms with Crippen molar-refractivity contribution in [3.63, 3.8) is 0 Å². The Balaban J connectivity index is 2.05. The summed E-state index contributed by atoms with van der Waals surface area (Å²) in [5.74, 6) is -2.35. The second kappa shape index (κ2) is 2.84. The van der Waals surface area contributed by atoms with Gasteiger partial charge in [0.2, 0.25) is 21.8 Å². The molecule has 0 spiro atoms. The van der Waals surface area contributed by atoms with Crippen molar-refractivity contribution >= 4 is 21.8 Å². The zero-order chi connectivity index (χ0) is 11.7. The molecule has 3 aliphatic heterocycles. The first-order chi connectivity index (χ1) is 7.41. The number of imide groups is 1. The standard InChI is InChI=1S/C9H11NO5S/c1-16(13,14)10-8(11)6-4-2-3-5(15-4)7(6)9(10)12/h4-7H,2-3H2,1H3/t4-,5+,6-,7+. The van der Waals surface area contributed by atoms with Gasteiger partial charge in [-0.3, -0.25) is 9.59 Å². The summed E-state index contributed by atoms with van der Waals surface area (Å²) in [6.07, 6.45) is 1.83. The third-order valence-corrected chi connectivity index (χ3v) is 4.60. The molecule has 0 aromatic rings. The molecule has 0 saturated carbocycles. The van der Waals surface area contributed by atoms with Crippen LogP contribution in [-0.2, 0) is 24.3 Å². The van der Waals surface area contributed by atoms with Crippen LogP contribution in [0.1, 0.15) is 12.8 Å². The van der Waals surface area contributed by atoms with Crippen molar-refractivity contribution in [2.24, 2.45) is 11.8 Å². The summed E-state index contributed by atoms with van der Waals surface area (Å²) in [6.45, 7) is 0. The molecule has 2 bridgehead atoms. The molecule has 3 heterocycles. The van der Waals surface area contributed by atoms with Gasteiger partial charge in [0.15, 0.2) is 0 Å². The van der Waals surface area contributed by atoms with Crippen LogP contribution in [-0.4, -0.2) is 43.0 Å². The molecular weight excluding hydrogens is 234 g/mol. The molecule has 6 nitrogen and oxygen atoms in total. The van der Waals surface area contributed by atoms with Gasteiger partial charge in [-0.1, -0.05) is 0 Å². The predicted octanol–water partition coefficient (Wildman–Crippen LogP) is -0.892. The molecule has 4 atom stereocenters. The Labute approximate surface area is 92.6 Å². The van der Waals surface area contributed by atoms with Crippen molar-refractivity contribution in [3.05, 3.63) is 0 Å². The van der Waals surface area contributed by atoms with Crippen LogP contribution in [0, 0.1) is 11.8 Å². The molecule has 3 fully saturated rings. The third kappa shape index (κ3) is 1.07. The summed E-state index contributed by atoms with van der Waals surface area (Å²) in [6, 6.07) is 0. The summed E-state index contributed by atoms with van der Waals surface area (Å²) in [5.41, 5.74) is 0. The van der Waals surface area contributed by atoms with E-state index in [1.54, 1.807) is 0 Å². The van der Waals surface area contributed by atoms with Crippen molar-refractivity contribution in [2.45, 2.75) is 25.0 Å². The molecule has 0 aromatic carbocycles. The topological polar surface area (TPSA) is 80.8 Å². The first-order valence-electron chi connectivity index (χ1n) is 5.14. The monoisotopic (exact) mass is 245 g/mol. The van der Waals surface area contributed by atoms with Crippen molar-refractivity contribution < 1.29 is 22.7 Å². The fraction of sp³-hybridized carbons (Fsp3) is 0.778. The van der Waals surface area contributed by atoms with E-state index in [1.165, 1.54) is 0 Å². The molecule has 2 amide bonds. The average Bonchev–Trinajstić information content (AvgIpc) is 2.77. The predicted molar refractivity (Wildman–Crippen MR) is 51.6 cm³/mol. The summed E-state index contributed by atoms with van der Waals surface area (Å²) in [7, 11) is -3.78. The molecule has 88 valence electrons. The lowest BCUT2D eigenvalue weighted by molar-refractivity contribution is -0.136.